The fraction of sp³-hybridized carbons (Fsp3) is 0.346. The Bertz CT molecular complexity index is 1200. The molecule has 0 bridgehead atoms. The van der Waals surface area contributed by atoms with E-state index in [0.29, 0.717) is 55.1 Å². The minimum atomic E-state index is -0.318. The highest BCUT2D eigenvalue weighted by Gasteiger charge is 2.19. The van der Waals surface area contributed by atoms with Crippen LogP contribution < -0.4 is 19.5 Å². The monoisotopic (exact) mass is 511 g/mol. The molecule has 1 aliphatic rings. The van der Waals surface area contributed by atoms with E-state index < -0.39 is 0 Å². The van der Waals surface area contributed by atoms with Crippen molar-refractivity contribution in [1.29, 1.82) is 0 Å². The molecule has 0 spiro atoms. The third-order valence-corrected chi connectivity index (χ3v) is 6.49. The van der Waals surface area contributed by atoms with Crippen molar-refractivity contribution in [3.63, 3.8) is 0 Å². The van der Waals surface area contributed by atoms with E-state index in [1.807, 2.05) is 38.1 Å². The zero-order chi connectivity index (χ0) is 25.5. The molecule has 9 nitrogen and oxygen atoms in total. The van der Waals surface area contributed by atoms with E-state index in [1.54, 1.807) is 30.2 Å². The first kappa shape index (κ1) is 25.5. The summed E-state index contributed by atoms with van der Waals surface area (Å²) in [6, 6.07) is 12.5. The Kier molecular flexibility index (Phi) is 8.40. The van der Waals surface area contributed by atoms with Crippen LogP contribution in [0.15, 0.2) is 42.5 Å². The fourth-order valence-electron chi connectivity index (χ4n) is 3.72. The topological polar surface area (TPSA) is 99.2 Å². The molecule has 2 aromatic carbocycles. The van der Waals surface area contributed by atoms with Crippen LogP contribution in [0, 0.1) is 6.92 Å². The lowest BCUT2D eigenvalue weighted by Crippen LogP contribution is -2.43. The van der Waals surface area contributed by atoms with E-state index in [1.165, 1.54) is 11.3 Å². The van der Waals surface area contributed by atoms with Gasteiger partial charge in [-0.05, 0) is 56.3 Å². The summed E-state index contributed by atoms with van der Waals surface area (Å²) in [5.41, 5.74) is 2.14. The number of nitrogens with one attached hydrogen (secondary N) is 1. The van der Waals surface area contributed by atoms with Gasteiger partial charge in [-0.1, -0.05) is 0 Å². The van der Waals surface area contributed by atoms with Gasteiger partial charge in [0.2, 0.25) is 0 Å². The predicted octanol–water partition coefficient (Wildman–Crippen LogP) is 4.02. The molecule has 1 fully saturated rings. The highest BCUT2D eigenvalue weighted by molar-refractivity contribution is 7.16. The van der Waals surface area contributed by atoms with Crippen LogP contribution in [0.25, 0.3) is 11.3 Å². The lowest BCUT2D eigenvalue weighted by Gasteiger charge is -2.26. The van der Waals surface area contributed by atoms with Gasteiger partial charge in [-0.3, -0.25) is 14.9 Å². The molecule has 190 valence electrons. The standard InChI is InChI=1S/C26H29N3O6S/c1-4-34-22-15-19(7-10-21(22)35-16-23(30)29-11-13-33-14-12-29)25(31)28-26-27-24(17(2)36-26)18-5-8-20(32-3)9-6-18/h5-10,15H,4,11-14,16H2,1-3H3,(H,27,28,31). The molecule has 1 aromatic heterocycles. The van der Waals surface area contributed by atoms with E-state index in [2.05, 4.69) is 10.3 Å². The third kappa shape index (κ3) is 6.13. The number of morpholine rings is 1. The molecule has 3 aromatic rings. The van der Waals surface area contributed by atoms with Crippen molar-refractivity contribution in [1.82, 2.24) is 9.88 Å². The summed E-state index contributed by atoms with van der Waals surface area (Å²) < 4.78 is 21.9. The molecule has 0 atom stereocenters. The van der Waals surface area contributed by atoms with Crippen LogP contribution in [0.3, 0.4) is 0 Å². The van der Waals surface area contributed by atoms with Crippen molar-refractivity contribution in [3.05, 3.63) is 52.9 Å². The highest BCUT2D eigenvalue weighted by Crippen LogP contribution is 2.33. The quantitative estimate of drug-likeness (QED) is 0.463. The number of methoxy groups -OCH3 is 1. The normalized spacial score (nSPS) is 13.2. The summed E-state index contributed by atoms with van der Waals surface area (Å²) >= 11 is 1.40. The number of aryl methyl sites for hydroxylation is 1. The summed E-state index contributed by atoms with van der Waals surface area (Å²) in [6.45, 7) is 6.23. The first-order chi connectivity index (χ1) is 17.5. The molecule has 4 rings (SSSR count). The molecule has 1 N–H and O–H groups in total. The fourth-order valence-corrected chi connectivity index (χ4v) is 4.55. The third-order valence-electron chi connectivity index (χ3n) is 5.60. The smallest absolute Gasteiger partial charge is 0.260 e. The summed E-state index contributed by atoms with van der Waals surface area (Å²) in [5, 5.41) is 3.37. The number of thiazole rings is 1. The predicted molar refractivity (Wildman–Crippen MR) is 137 cm³/mol. The van der Waals surface area contributed by atoms with E-state index in [9.17, 15) is 9.59 Å². The second-order valence-electron chi connectivity index (χ2n) is 7.98. The summed E-state index contributed by atoms with van der Waals surface area (Å²) in [5.74, 6) is 1.13. The average Bonchev–Trinajstić information content (AvgIpc) is 3.28. The van der Waals surface area contributed by atoms with Crippen molar-refractivity contribution in [2.75, 3.05) is 51.9 Å². The van der Waals surface area contributed by atoms with E-state index in [0.717, 1.165) is 21.9 Å². The lowest BCUT2D eigenvalue weighted by atomic mass is 10.1. The number of rotatable bonds is 9. The van der Waals surface area contributed by atoms with Gasteiger partial charge in [0.05, 0.1) is 32.6 Å². The molecule has 2 amide bonds. The maximum absolute atomic E-state index is 13.0. The van der Waals surface area contributed by atoms with Crippen molar-refractivity contribution in [3.8, 4) is 28.5 Å². The maximum atomic E-state index is 13.0. The molecule has 0 aliphatic carbocycles. The maximum Gasteiger partial charge on any atom is 0.260 e. The Morgan fingerprint density at radius 1 is 1.08 bits per heavy atom. The molecule has 2 heterocycles. The first-order valence-electron chi connectivity index (χ1n) is 11.7. The van der Waals surface area contributed by atoms with Crippen molar-refractivity contribution >= 4 is 28.3 Å². The van der Waals surface area contributed by atoms with E-state index in [-0.39, 0.29) is 18.4 Å². The molecule has 36 heavy (non-hydrogen) atoms. The zero-order valence-corrected chi connectivity index (χ0v) is 21.4. The number of nitrogens with zero attached hydrogens (tertiary/aromatic N) is 2. The van der Waals surface area contributed by atoms with Gasteiger partial charge in [0.1, 0.15) is 5.75 Å². The Balaban J connectivity index is 1.43. The highest BCUT2D eigenvalue weighted by atomic mass is 32.1. The van der Waals surface area contributed by atoms with Crippen LogP contribution in [-0.4, -0.2) is 68.3 Å². The Morgan fingerprint density at radius 2 is 1.83 bits per heavy atom. The SMILES string of the molecule is CCOc1cc(C(=O)Nc2nc(-c3ccc(OC)cc3)c(C)s2)ccc1OCC(=O)N1CCOCC1. The molecule has 1 aliphatic heterocycles. The number of aromatic nitrogens is 1. The number of hydrogen-bond acceptors (Lipinski definition) is 8. The number of carbonyl (C=O) groups excluding carboxylic acids is 2. The number of ether oxygens (including phenoxy) is 4. The number of benzene rings is 2. The van der Waals surface area contributed by atoms with Gasteiger partial charge in [0.15, 0.2) is 23.2 Å². The van der Waals surface area contributed by atoms with Crippen LogP contribution in [0.1, 0.15) is 22.2 Å². The zero-order valence-electron chi connectivity index (χ0n) is 20.5. The second kappa shape index (κ2) is 11.9. The number of carbonyl (C=O) groups is 2. The minimum Gasteiger partial charge on any atom is -0.497 e. The number of amides is 2. The van der Waals surface area contributed by atoms with Crippen LogP contribution in [0.5, 0.6) is 17.2 Å². The molecule has 0 saturated carbocycles. The second-order valence-corrected chi connectivity index (χ2v) is 9.19. The molecular formula is C26H29N3O6S. The molecule has 0 unspecified atom stereocenters. The van der Waals surface area contributed by atoms with Crippen molar-refractivity contribution < 1.29 is 28.5 Å². The Labute approximate surface area is 214 Å². The van der Waals surface area contributed by atoms with Gasteiger partial charge in [-0.2, -0.15) is 0 Å². The summed E-state index contributed by atoms with van der Waals surface area (Å²) in [4.78, 5) is 32.7. The summed E-state index contributed by atoms with van der Waals surface area (Å²) in [7, 11) is 1.62. The Morgan fingerprint density at radius 3 is 2.53 bits per heavy atom. The van der Waals surface area contributed by atoms with Gasteiger partial charge in [-0.15, -0.1) is 11.3 Å². The van der Waals surface area contributed by atoms with Gasteiger partial charge in [-0.25, -0.2) is 4.98 Å². The van der Waals surface area contributed by atoms with Crippen LogP contribution in [-0.2, 0) is 9.53 Å². The lowest BCUT2D eigenvalue weighted by molar-refractivity contribution is -0.137. The van der Waals surface area contributed by atoms with Gasteiger partial charge in [0, 0.05) is 29.1 Å². The van der Waals surface area contributed by atoms with Crippen LogP contribution in [0.4, 0.5) is 5.13 Å². The molecular weight excluding hydrogens is 482 g/mol. The molecule has 10 heteroatoms. The van der Waals surface area contributed by atoms with E-state index >= 15 is 0 Å². The molecule has 0 radical (unpaired) electrons. The first-order valence-corrected chi connectivity index (χ1v) is 12.5. The van der Waals surface area contributed by atoms with Crippen LogP contribution >= 0.6 is 11.3 Å². The Hall–Kier alpha value is -3.63. The molecule has 1 saturated heterocycles. The van der Waals surface area contributed by atoms with Crippen LogP contribution in [0.2, 0.25) is 0 Å². The van der Waals surface area contributed by atoms with Gasteiger partial charge < -0.3 is 23.8 Å². The van der Waals surface area contributed by atoms with E-state index in [4.69, 9.17) is 18.9 Å². The number of anilines is 1. The average molecular weight is 512 g/mol. The largest absolute Gasteiger partial charge is 0.497 e. The van der Waals surface area contributed by atoms with Gasteiger partial charge >= 0.3 is 0 Å². The van der Waals surface area contributed by atoms with Crippen molar-refractivity contribution in [2.45, 2.75) is 13.8 Å². The van der Waals surface area contributed by atoms with Gasteiger partial charge in [0.25, 0.3) is 11.8 Å². The minimum absolute atomic E-state index is 0.113. The van der Waals surface area contributed by atoms with Crippen molar-refractivity contribution in [2.24, 2.45) is 0 Å². The number of hydrogen-bond donors (Lipinski definition) is 1. The summed E-state index contributed by atoms with van der Waals surface area (Å²) in [6.07, 6.45) is 0.